The zero-order valence-corrected chi connectivity index (χ0v) is 33.7. The van der Waals surface area contributed by atoms with Crippen molar-refractivity contribution < 1.29 is 28.5 Å². The predicted octanol–water partition coefficient (Wildman–Crippen LogP) is 6.46. The monoisotopic (exact) mass is 760 g/mol. The van der Waals surface area contributed by atoms with E-state index in [0.29, 0.717) is 31.2 Å². The van der Waals surface area contributed by atoms with Gasteiger partial charge in [-0.05, 0) is 84.5 Å². The Morgan fingerprint density at radius 1 is 0.875 bits per heavy atom. The number of carbonyl (C=O) groups is 4. The molecule has 7 atom stereocenters. The molecule has 3 aromatic rings. The lowest BCUT2D eigenvalue weighted by molar-refractivity contribution is -0.199. The summed E-state index contributed by atoms with van der Waals surface area (Å²) in [5.74, 6) is -1.22. The Morgan fingerprint density at radius 2 is 1.54 bits per heavy atom. The second-order valence-electron chi connectivity index (χ2n) is 17.4. The molecule has 296 valence electrons. The highest BCUT2D eigenvalue weighted by Crippen LogP contribution is 2.65. The van der Waals surface area contributed by atoms with Crippen LogP contribution in [0.3, 0.4) is 0 Å². The molecule has 2 saturated heterocycles. The number of hydrogen-bond donors (Lipinski definition) is 2. The summed E-state index contributed by atoms with van der Waals surface area (Å²) in [6, 6.07) is 25.2. The Balaban J connectivity index is 1.06. The van der Waals surface area contributed by atoms with Gasteiger partial charge in [-0.2, -0.15) is 0 Å². The van der Waals surface area contributed by atoms with Crippen LogP contribution in [0.25, 0.3) is 11.1 Å². The first-order valence-electron chi connectivity index (χ1n) is 20.5. The summed E-state index contributed by atoms with van der Waals surface area (Å²) < 4.78 is 13.3. The largest absolute Gasteiger partial charge is 0.481 e. The minimum atomic E-state index is -1.09. The van der Waals surface area contributed by atoms with Crippen LogP contribution in [-0.4, -0.2) is 83.5 Å². The quantitative estimate of drug-likeness (QED) is 0.182. The third-order valence-electron chi connectivity index (χ3n) is 13.2. The lowest BCUT2D eigenvalue weighted by atomic mass is 9.43. The fourth-order valence-corrected chi connectivity index (χ4v) is 9.64. The molecule has 2 heterocycles. The molecule has 10 nitrogen and oxygen atoms in total. The summed E-state index contributed by atoms with van der Waals surface area (Å²) in [5, 5.41) is 6.06. The van der Waals surface area contributed by atoms with E-state index in [2.05, 4.69) is 31.4 Å². The van der Waals surface area contributed by atoms with Crippen molar-refractivity contribution in [3.8, 4) is 11.1 Å². The van der Waals surface area contributed by atoms with Gasteiger partial charge in [-0.15, -0.1) is 0 Å². The molecule has 5 amide bonds. The van der Waals surface area contributed by atoms with Crippen molar-refractivity contribution >= 4 is 30.9 Å². The minimum Gasteiger partial charge on any atom is -0.404 e. The first-order chi connectivity index (χ1) is 26.8. The summed E-state index contributed by atoms with van der Waals surface area (Å²) in [7, 11) is -0.637. The molecule has 0 aromatic heterocycles. The molecule has 3 aromatic carbocycles. The molecule has 11 heteroatoms. The van der Waals surface area contributed by atoms with Gasteiger partial charge >= 0.3 is 13.1 Å². The van der Waals surface area contributed by atoms with E-state index in [-0.39, 0.29) is 36.3 Å². The molecule has 2 aliphatic heterocycles. The molecule has 56 heavy (non-hydrogen) atoms. The van der Waals surface area contributed by atoms with Gasteiger partial charge in [0.15, 0.2) is 0 Å². The van der Waals surface area contributed by atoms with Crippen LogP contribution in [0.15, 0.2) is 84.9 Å². The summed E-state index contributed by atoms with van der Waals surface area (Å²) in [5.41, 5.74) is 3.81. The summed E-state index contributed by atoms with van der Waals surface area (Å²) in [6.45, 7) is 12.8. The van der Waals surface area contributed by atoms with Crippen molar-refractivity contribution in [2.75, 3.05) is 13.1 Å². The predicted molar refractivity (Wildman–Crippen MR) is 217 cm³/mol. The lowest BCUT2D eigenvalue weighted by Gasteiger charge is -2.64. The Morgan fingerprint density at radius 3 is 2.18 bits per heavy atom. The van der Waals surface area contributed by atoms with Crippen molar-refractivity contribution in [1.82, 2.24) is 20.4 Å². The van der Waals surface area contributed by atoms with Gasteiger partial charge in [-0.1, -0.05) is 120 Å². The zero-order valence-electron chi connectivity index (χ0n) is 33.7. The van der Waals surface area contributed by atoms with Gasteiger partial charge in [0.25, 0.3) is 5.91 Å². The maximum Gasteiger partial charge on any atom is 0.481 e. The van der Waals surface area contributed by atoms with Crippen molar-refractivity contribution in [2.45, 2.75) is 110 Å². The topological polar surface area (TPSA) is 117 Å². The Labute approximate surface area is 332 Å². The van der Waals surface area contributed by atoms with E-state index in [1.807, 2.05) is 106 Å². The van der Waals surface area contributed by atoms with Crippen LogP contribution in [0.5, 0.6) is 0 Å². The number of amides is 5. The number of aryl methyl sites for hydroxylation is 1. The van der Waals surface area contributed by atoms with Crippen molar-refractivity contribution in [1.29, 1.82) is 0 Å². The fraction of sp³-hybridized carbons (Fsp3) is 0.511. The van der Waals surface area contributed by atoms with Gasteiger partial charge in [-0.25, -0.2) is 9.69 Å². The van der Waals surface area contributed by atoms with Crippen molar-refractivity contribution in [3.05, 3.63) is 96.1 Å². The Bertz CT molecular complexity index is 1890. The Kier molecular flexibility index (Phi) is 11.5. The number of nitrogens with zero attached hydrogens (tertiary/aromatic N) is 2. The molecular formula is C45H57BN4O6. The SMILES string of the molecule is CC[C@H](NC(=O)[C@@H]1CN(CCCc2ccccc2)C(=O)N1C(=O)[C@@H](NC(=O)Cc1ccc(-c2ccccc2)cc1)C(C)C)B1O[C@@H]2CC3CC(C3(C)C)[C@]2(C)O1. The van der Waals surface area contributed by atoms with Gasteiger partial charge in [-0.3, -0.25) is 14.4 Å². The van der Waals surface area contributed by atoms with E-state index in [1.165, 1.54) is 0 Å². The fourth-order valence-electron chi connectivity index (χ4n) is 9.64. The number of hydrogen-bond acceptors (Lipinski definition) is 6. The first kappa shape index (κ1) is 39.7. The zero-order chi connectivity index (χ0) is 39.8. The first-order valence-corrected chi connectivity index (χ1v) is 20.5. The average molecular weight is 761 g/mol. The molecule has 0 radical (unpaired) electrons. The van der Waals surface area contributed by atoms with Crippen LogP contribution in [-0.2, 0) is 36.5 Å². The van der Waals surface area contributed by atoms with Gasteiger partial charge in [0.1, 0.15) is 12.1 Å². The smallest absolute Gasteiger partial charge is 0.404 e. The molecule has 2 N–H and O–H groups in total. The molecule has 3 aliphatic carbocycles. The van der Waals surface area contributed by atoms with E-state index >= 15 is 0 Å². The number of rotatable bonds is 14. The van der Waals surface area contributed by atoms with Crippen LogP contribution >= 0.6 is 0 Å². The molecule has 5 aliphatic rings. The van der Waals surface area contributed by atoms with E-state index in [1.54, 1.807) is 4.90 Å². The number of carbonyl (C=O) groups excluding carboxylic acids is 4. The standard InChI is InChI=1S/C45H57BN4O6/c1-7-38(46-55-37-27-34-26-36(44(34,4)5)45(37,6)56-46)47-41(52)35-28-49(24-14-17-30-15-10-8-11-16-30)43(54)50(35)42(53)40(29(2)3)48-39(51)25-31-20-22-33(23-21-31)32-18-12-9-13-19-32/h8-13,15-16,18-23,29,34-38,40H,7,14,17,24-28H2,1-6H3,(H,47,52)(H,48,51)/t34?,35-,36?,37+,38-,40-,45-/m0/s1. The molecular weight excluding hydrogens is 703 g/mol. The summed E-state index contributed by atoms with van der Waals surface area (Å²) >= 11 is 0. The molecule has 2 bridgehead atoms. The van der Waals surface area contributed by atoms with Gasteiger partial charge in [0.05, 0.1) is 30.6 Å². The summed E-state index contributed by atoms with van der Waals surface area (Å²) in [6.07, 6.45) is 4.03. The lowest BCUT2D eigenvalue weighted by Crippen LogP contribution is -2.65. The van der Waals surface area contributed by atoms with Crippen LogP contribution in [0, 0.1) is 23.2 Å². The third-order valence-corrected chi connectivity index (χ3v) is 13.2. The van der Waals surface area contributed by atoms with Crippen molar-refractivity contribution in [2.24, 2.45) is 23.2 Å². The highest BCUT2D eigenvalue weighted by molar-refractivity contribution is 6.48. The van der Waals surface area contributed by atoms with Crippen LogP contribution < -0.4 is 10.6 Å². The molecule has 2 unspecified atom stereocenters. The van der Waals surface area contributed by atoms with Gasteiger partial charge in [0, 0.05) is 6.54 Å². The highest BCUT2D eigenvalue weighted by Gasteiger charge is 2.68. The summed E-state index contributed by atoms with van der Waals surface area (Å²) in [4.78, 5) is 59.2. The van der Waals surface area contributed by atoms with Gasteiger partial charge < -0.3 is 24.8 Å². The van der Waals surface area contributed by atoms with E-state index in [4.69, 9.17) is 9.31 Å². The number of nitrogens with one attached hydrogen (secondary N) is 2. The molecule has 5 fully saturated rings. The second-order valence-corrected chi connectivity index (χ2v) is 17.4. The van der Waals surface area contributed by atoms with Gasteiger partial charge in [0.2, 0.25) is 11.8 Å². The molecule has 8 rings (SSSR count). The average Bonchev–Trinajstić information content (AvgIpc) is 3.72. The molecule has 0 spiro atoms. The third kappa shape index (κ3) is 7.77. The van der Waals surface area contributed by atoms with Crippen LogP contribution in [0.4, 0.5) is 4.79 Å². The van der Waals surface area contributed by atoms with E-state index in [9.17, 15) is 19.2 Å². The number of imide groups is 1. The minimum absolute atomic E-state index is 0.0429. The maximum atomic E-state index is 14.5. The normalized spacial score (nSPS) is 26.1. The van der Waals surface area contributed by atoms with E-state index in [0.717, 1.165) is 46.4 Å². The van der Waals surface area contributed by atoms with Crippen LogP contribution in [0.2, 0.25) is 0 Å². The van der Waals surface area contributed by atoms with E-state index < -0.39 is 48.6 Å². The highest BCUT2D eigenvalue weighted by atomic mass is 16.7. The van der Waals surface area contributed by atoms with Crippen LogP contribution in [0.1, 0.15) is 78.4 Å². The Hall–Kier alpha value is -4.48. The second kappa shape index (κ2) is 16.2. The number of urea groups is 1. The number of benzene rings is 3. The van der Waals surface area contributed by atoms with Crippen molar-refractivity contribution in [3.63, 3.8) is 0 Å². The maximum absolute atomic E-state index is 14.5. The molecule has 3 saturated carbocycles.